The van der Waals surface area contributed by atoms with Crippen molar-refractivity contribution in [2.45, 2.75) is 19.4 Å². The second-order valence-corrected chi connectivity index (χ2v) is 7.68. The van der Waals surface area contributed by atoms with E-state index in [1.165, 1.54) is 11.3 Å². The minimum atomic E-state index is -0.552. The molecular formula is C20H20N4O3S. The Morgan fingerprint density at radius 1 is 1.14 bits per heavy atom. The van der Waals surface area contributed by atoms with E-state index in [0.29, 0.717) is 11.6 Å². The van der Waals surface area contributed by atoms with Crippen LogP contribution in [0.25, 0.3) is 10.2 Å². The molecule has 0 saturated heterocycles. The van der Waals surface area contributed by atoms with Gasteiger partial charge in [0.2, 0.25) is 5.91 Å². The van der Waals surface area contributed by atoms with Gasteiger partial charge in [0.05, 0.1) is 16.1 Å². The van der Waals surface area contributed by atoms with Gasteiger partial charge >= 0.3 is 0 Å². The van der Waals surface area contributed by atoms with Crippen LogP contribution in [0.5, 0.6) is 5.75 Å². The number of rotatable bonds is 4. The lowest BCUT2D eigenvalue weighted by molar-refractivity contribution is -0.132. The molecule has 3 aromatic rings. The predicted molar refractivity (Wildman–Crippen MR) is 108 cm³/mol. The van der Waals surface area contributed by atoms with Crippen molar-refractivity contribution in [2.75, 3.05) is 11.9 Å². The first kappa shape index (κ1) is 18.2. The number of nitrogens with zero attached hydrogens (tertiary/aromatic N) is 1. The summed E-state index contributed by atoms with van der Waals surface area (Å²) in [6.45, 7) is 2.01. The predicted octanol–water partition coefficient (Wildman–Crippen LogP) is 2.50. The highest BCUT2D eigenvalue weighted by molar-refractivity contribution is 7.22. The van der Waals surface area contributed by atoms with E-state index in [1.54, 1.807) is 6.92 Å². The SMILES string of the molecule is C[C@@H](Nc1nc2ccccc2s1)C(=O)NNC(=O)[C@@H]1COc2ccccc2C1. The van der Waals surface area contributed by atoms with Crippen molar-refractivity contribution in [1.82, 2.24) is 15.8 Å². The van der Waals surface area contributed by atoms with Crippen LogP contribution in [-0.2, 0) is 16.0 Å². The number of anilines is 1. The molecule has 4 rings (SSSR count). The number of ether oxygens (including phenoxy) is 1. The summed E-state index contributed by atoms with van der Waals surface area (Å²) in [5.41, 5.74) is 6.85. The largest absolute Gasteiger partial charge is 0.492 e. The third kappa shape index (κ3) is 3.91. The van der Waals surface area contributed by atoms with Gasteiger partial charge in [0, 0.05) is 0 Å². The maximum absolute atomic E-state index is 12.4. The molecule has 2 aromatic carbocycles. The first-order chi connectivity index (χ1) is 13.6. The normalized spacial score (nSPS) is 16.5. The van der Waals surface area contributed by atoms with Gasteiger partial charge in [0.25, 0.3) is 5.91 Å². The monoisotopic (exact) mass is 396 g/mol. The van der Waals surface area contributed by atoms with Gasteiger partial charge in [-0.15, -0.1) is 0 Å². The lowest BCUT2D eigenvalue weighted by atomic mass is 9.96. The molecule has 1 aliphatic heterocycles. The molecule has 0 fully saturated rings. The van der Waals surface area contributed by atoms with Crippen molar-refractivity contribution in [1.29, 1.82) is 0 Å². The van der Waals surface area contributed by atoms with Crippen LogP contribution in [0.3, 0.4) is 0 Å². The molecular weight excluding hydrogens is 376 g/mol. The van der Waals surface area contributed by atoms with E-state index in [0.717, 1.165) is 21.5 Å². The summed E-state index contributed by atoms with van der Waals surface area (Å²) in [6.07, 6.45) is 0.581. The molecule has 2 atom stereocenters. The number of hydrazine groups is 1. The third-order valence-electron chi connectivity index (χ3n) is 4.59. The number of hydrogen-bond donors (Lipinski definition) is 3. The Morgan fingerprint density at radius 3 is 2.79 bits per heavy atom. The Kier molecular flexibility index (Phi) is 5.12. The smallest absolute Gasteiger partial charge is 0.260 e. The Bertz CT molecular complexity index is 986. The minimum Gasteiger partial charge on any atom is -0.492 e. The van der Waals surface area contributed by atoms with Gasteiger partial charge in [0.15, 0.2) is 5.13 Å². The Hall–Kier alpha value is -3.13. The number of fused-ring (bicyclic) bond motifs is 2. The van der Waals surface area contributed by atoms with Crippen LogP contribution in [0.4, 0.5) is 5.13 Å². The molecule has 1 aliphatic rings. The summed E-state index contributed by atoms with van der Waals surface area (Å²) in [5, 5.41) is 3.73. The van der Waals surface area contributed by atoms with Gasteiger partial charge in [-0.1, -0.05) is 41.7 Å². The maximum Gasteiger partial charge on any atom is 0.260 e. The lowest BCUT2D eigenvalue weighted by Crippen LogP contribution is -2.50. The highest BCUT2D eigenvalue weighted by Crippen LogP contribution is 2.27. The number of thiazole rings is 1. The fraction of sp³-hybridized carbons (Fsp3) is 0.250. The minimum absolute atomic E-state index is 0.268. The summed E-state index contributed by atoms with van der Waals surface area (Å²) in [4.78, 5) is 29.1. The molecule has 144 valence electrons. The van der Waals surface area contributed by atoms with Crippen LogP contribution in [0.1, 0.15) is 12.5 Å². The van der Waals surface area contributed by atoms with Gasteiger partial charge in [0.1, 0.15) is 18.4 Å². The number of nitrogens with one attached hydrogen (secondary N) is 3. The van der Waals surface area contributed by atoms with Gasteiger partial charge in [-0.25, -0.2) is 4.98 Å². The molecule has 0 radical (unpaired) electrons. The van der Waals surface area contributed by atoms with Crippen LogP contribution in [0.15, 0.2) is 48.5 Å². The molecule has 0 saturated carbocycles. The number of aromatic nitrogens is 1. The van der Waals surface area contributed by atoms with E-state index in [9.17, 15) is 9.59 Å². The van der Waals surface area contributed by atoms with Crippen LogP contribution in [-0.4, -0.2) is 29.4 Å². The van der Waals surface area contributed by atoms with Crippen molar-refractivity contribution in [3.05, 3.63) is 54.1 Å². The van der Waals surface area contributed by atoms with Crippen molar-refractivity contribution < 1.29 is 14.3 Å². The number of para-hydroxylation sites is 2. The number of carbonyl (C=O) groups excluding carboxylic acids is 2. The van der Waals surface area contributed by atoms with Gasteiger partial charge in [-0.05, 0) is 37.1 Å². The number of benzene rings is 2. The quantitative estimate of drug-likeness (QED) is 0.590. The van der Waals surface area contributed by atoms with E-state index in [-0.39, 0.29) is 24.3 Å². The van der Waals surface area contributed by atoms with Crippen LogP contribution < -0.4 is 20.9 Å². The van der Waals surface area contributed by atoms with E-state index >= 15 is 0 Å². The molecule has 0 aliphatic carbocycles. The van der Waals surface area contributed by atoms with Gasteiger partial charge in [-0.3, -0.25) is 20.4 Å². The molecule has 2 heterocycles. The van der Waals surface area contributed by atoms with E-state index in [2.05, 4.69) is 21.2 Å². The fourth-order valence-corrected chi connectivity index (χ4v) is 3.97. The van der Waals surface area contributed by atoms with Crippen molar-refractivity contribution in [2.24, 2.45) is 5.92 Å². The van der Waals surface area contributed by atoms with Crippen LogP contribution >= 0.6 is 11.3 Å². The molecule has 8 heteroatoms. The average Bonchev–Trinajstić information content (AvgIpc) is 3.13. The molecule has 7 nitrogen and oxygen atoms in total. The Labute approximate surface area is 166 Å². The summed E-state index contributed by atoms with van der Waals surface area (Å²) in [5.74, 6) is -0.147. The molecule has 0 spiro atoms. The van der Waals surface area contributed by atoms with E-state index in [4.69, 9.17) is 4.74 Å². The molecule has 0 bridgehead atoms. The Balaban J connectivity index is 1.29. The number of hydrogen-bond acceptors (Lipinski definition) is 6. The number of carbonyl (C=O) groups is 2. The lowest BCUT2D eigenvalue weighted by Gasteiger charge is -2.24. The van der Waals surface area contributed by atoms with E-state index in [1.807, 2.05) is 48.5 Å². The zero-order valence-corrected chi connectivity index (χ0v) is 16.1. The summed E-state index contributed by atoms with van der Waals surface area (Å²) < 4.78 is 6.67. The molecule has 0 unspecified atom stereocenters. The first-order valence-electron chi connectivity index (χ1n) is 9.02. The van der Waals surface area contributed by atoms with Gasteiger partial charge in [-0.2, -0.15) is 0 Å². The van der Waals surface area contributed by atoms with Crippen molar-refractivity contribution in [3.8, 4) is 5.75 Å². The summed E-state index contributed by atoms with van der Waals surface area (Å²) in [6, 6.07) is 14.9. The van der Waals surface area contributed by atoms with Crippen molar-refractivity contribution >= 4 is 38.5 Å². The molecule has 2 amide bonds. The van der Waals surface area contributed by atoms with Crippen LogP contribution in [0, 0.1) is 5.92 Å². The fourth-order valence-electron chi connectivity index (χ4n) is 3.01. The average molecular weight is 396 g/mol. The van der Waals surface area contributed by atoms with Gasteiger partial charge < -0.3 is 10.1 Å². The second kappa shape index (κ2) is 7.85. The second-order valence-electron chi connectivity index (χ2n) is 6.65. The van der Waals surface area contributed by atoms with E-state index < -0.39 is 6.04 Å². The zero-order chi connectivity index (χ0) is 19.5. The summed E-state index contributed by atoms with van der Waals surface area (Å²) in [7, 11) is 0. The number of amides is 2. The topological polar surface area (TPSA) is 92.4 Å². The third-order valence-corrected chi connectivity index (χ3v) is 5.55. The maximum atomic E-state index is 12.4. The standard InChI is InChI=1S/C20H20N4O3S/c1-12(21-20-22-15-7-3-5-9-17(15)28-20)18(25)23-24-19(26)14-10-13-6-2-4-8-16(13)27-11-14/h2-9,12,14H,10-11H2,1H3,(H,21,22)(H,23,25)(H,24,26)/t12-,14+/m1/s1. The molecule has 3 N–H and O–H groups in total. The van der Waals surface area contributed by atoms with Crippen LogP contribution in [0.2, 0.25) is 0 Å². The highest BCUT2D eigenvalue weighted by Gasteiger charge is 2.26. The highest BCUT2D eigenvalue weighted by atomic mass is 32.1. The first-order valence-corrected chi connectivity index (χ1v) is 9.84. The summed E-state index contributed by atoms with van der Waals surface area (Å²) >= 11 is 1.48. The molecule has 1 aromatic heterocycles. The molecule has 28 heavy (non-hydrogen) atoms. The van der Waals surface area contributed by atoms with Crippen molar-refractivity contribution in [3.63, 3.8) is 0 Å². The Morgan fingerprint density at radius 2 is 1.93 bits per heavy atom. The zero-order valence-electron chi connectivity index (χ0n) is 15.3.